The molecule has 0 atom stereocenters. The van der Waals surface area contributed by atoms with Crippen molar-refractivity contribution in [2.24, 2.45) is 0 Å². The molecule has 85 heavy (non-hydrogen) atoms. The Balaban J connectivity index is 1.03. The average molecular weight is 1100 g/mol. The van der Waals surface area contributed by atoms with Gasteiger partial charge in [-0.1, -0.05) is 226 Å². The van der Waals surface area contributed by atoms with Gasteiger partial charge in [0.05, 0.1) is 5.69 Å². The van der Waals surface area contributed by atoms with Crippen molar-refractivity contribution < 1.29 is 4.42 Å². The Kier molecular flexibility index (Phi) is 12.8. The van der Waals surface area contributed by atoms with Crippen molar-refractivity contribution in [1.29, 1.82) is 0 Å². The largest absolute Gasteiger partial charge is 0.455 e. The molecule has 416 valence electrons. The Morgan fingerprint density at radius 3 is 1.46 bits per heavy atom. The summed E-state index contributed by atoms with van der Waals surface area (Å²) in [5.74, 6) is 0. The molecule has 2 aliphatic heterocycles. The molecule has 5 heteroatoms. The van der Waals surface area contributed by atoms with Crippen LogP contribution < -0.4 is 31.1 Å². The van der Waals surface area contributed by atoms with Crippen molar-refractivity contribution >= 4 is 96.2 Å². The lowest BCUT2D eigenvalue weighted by molar-refractivity contribution is 0.589. The van der Waals surface area contributed by atoms with Crippen LogP contribution in [-0.4, -0.2) is 6.71 Å². The van der Waals surface area contributed by atoms with Crippen LogP contribution in [0.2, 0.25) is 0 Å². The van der Waals surface area contributed by atoms with Gasteiger partial charge in [-0.25, -0.2) is 0 Å². The zero-order valence-corrected chi connectivity index (χ0v) is 50.8. The van der Waals surface area contributed by atoms with Crippen LogP contribution in [0.3, 0.4) is 0 Å². The van der Waals surface area contributed by atoms with Crippen LogP contribution in [0.1, 0.15) is 90.1 Å². The van der Waals surface area contributed by atoms with Gasteiger partial charge in [0, 0.05) is 61.8 Å². The Bertz CT molecular complexity index is 4430. The van der Waals surface area contributed by atoms with E-state index in [4.69, 9.17) is 4.42 Å². The number of furan rings is 1. The molecule has 11 aromatic carbocycles. The van der Waals surface area contributed by atoms with Crippen molar-refractivity contribution in [2.45, 2.75) is 92.4 Å². The zero-order chi connectivity index (χ0) is 58.7. The molecule has 12 aromatic rings. The first kappa shape index (κ1) is 53.7. The fourth-order valence-electron chi connectivity index (χ4n) is 13.4. The molecule has 0 aliphatic carbocycles. The highest BCUT2D eigenvalue weighted by molar-refractivity contribution is 7.00. The van der Waals surface area contributed by atoms with E-state index in [2.05, 4.69) is 321 Å². The van der Waals surface area contributed by atoms with Gasteiger partial charge in [-0.3, -0.25) is 0 Å². The Labute approximate surface area is 502 Å². The lowest BCUT2D eigenvalue weighted by atomic mass is 9.33. The highest BCUT2D eigenvalue weighted by Gasteiger charge is 2.45. The molecule has 0 fully saturated rings. The molecule has 1 aromatic heterocycles. The summed E-state index contributed by atoms with van der Waals surface area (Å²) in [6.07, 6.45) is 0. The Morgan fingerprint density at radius 1 is 0.365 bits per heavy atom. The van der Waals surface area contributed by atoms with Crippen LogP contribution in [0.4, 0.5) is 51.2 Å². The van der Waals surface area contributed by atoms with Gasteiger partial charge >= 0.3 is 0 Å². The summed E-state index contributed by atoms with van der Waals surface area (Å²) in [5.41, 5.74) is 29.1. The van der Waals surface area contributed by atoms with E-state index in [-0.39, 0.29) is 23.0 Å². The fraction of sp³-hybridized carbons (Fsp3) is 0.175. The first-order chi connectivity index (χ1) is 40.9. The third kappa shape index (κ3) is 9.33. The third-order valence-electron chi connectivity index (χ3n) is 17.9. The fourth-order valence-corrected chi connectivity index (χ4v) is 13.4. The summed E-state index contributed by atoms with van der Waals surface area (Å²) in [5, 5.41) is 2.25. The van der Waals surface area contributed by atoms with Crippen LogP contribution in [0, 0.1) is 13.8 Å². The molecular weight excluding hydrogens is 1030 g/mol. The van der Waals surface area contributed by atoms with E-state index in [9.17, 15) is 0 Å². The molecule has 0 spiro atoms. The molecule has 0 saturated carbocycles. The second-order valence-electron chi connectivity index (χ2n) is 26.7. The number of benzene rings is 11. The second-order valence-corrected chi connectivity index (χ2v) is 26.7. The molecule has 0 radical (unpaired) electrons. The molecule has 4 nitrogen and oxygen atoms in total. The normalized spacial score (nSPS) is 13.0. The maximum atomic E-state index is 6.66. The quantitative estimate of drug-likeness (QED) is 0.141. The van der Waals surface area contributed by atoms with E-state index in [0.717, 1.165) is 61.5 Å². The van der Waals surface area contributed by atoms with Crippen LogP contribution in [0.25, 0.3) is 55.3 Å². The first-order valence-corrected chi connectivity index (χ1v) is 30.2. The number of nitrogens with zero attached hydrogens (tertiary/aromatic N) is 3. The lowest BCUT2D eigenvalue weighted by Crippen LogP contribution is -2.61. The number of rotatable bonds is 8. The van der Waals surface area contributed by atoms with Crippen LogP contribution in [0.5, 0.6) is 0 Å². The first-order valence-electron chi connectivity index (χ1n) is 30.2. The monoisotopic (exact) mass is 1100 g/mol. The van der Waals surface area contributed by atoms with E-state index in [1.807, 2.05) is 6.07 Å². The summed E-state index contributed by atoms with van der Waals surface area (Å²) < 4.78 is 6.66. The van der Waals surface area contributed by atoms with Crippen molar-refractivity contribution in [1.82, 2.24) is 0 Å². The van der Waals surface area contributed by atoms with Gasteiger partial charge in [-0.2, -0.15) is 0 Å². The molecule has 0 bridgehead atoms. The van der Waals surface area contributed by atoms with E-state index >= 15 is 0 Å². The van der Waals surface area contributed by atoms with Gasteiger partial charge in [-0.15, -0.1) is 0 Å². The molecule has 14 rings (SSSR count). The van der Waals surface area contributed by atoms with E-state index in [0.29, 0.717) is 0 Å². The van der Waals surface area contributed by atoms with E-state index < -0.39 is 0 Å². The molecule has 2 aliphatic rings. The molecule has 0 N–H and O–H groups in total. The number of hydrogen-bond donors (Lipinski definition) is 0. The highest BCUT2D eigenvalue weighted by Crippen LogP contribution is 2.50. The SMILES string of the molecule is Cc1cc(C(C)(C)C)cc(C)c1N1c2ccc(C(C)(C)C)cc2B2c3ccc(N(c4ccc(-c5ccccc5)cc4)c4ccc(-c5ccccc5)cc4)cc3N(c3ccc(-c4cccc5c4oc4ccccc45)cc3)c3cc(C(C)(C)C)cc1c32. The molecule has 0 saturated heterocycles. The van der Waals surface area contributed by atoms with Gasteiger partial charge < -0.3 is 19.1 Å². The predicted octanol–water partition coefficient (Wildman–Crippen LogP) is 20.6. The van der Waals surface area contributed by atoms with Gasteiger partial charge in [0.2, 0.25) is 0 Å². The minimum atomic E-state index is -0.194. The summed E-state index contributed by atoms with van der Waals surface area (Å²) in [6, 6.07) is 88.2. The van der Waals surface area contributed by atoms with Crippen molar-refractivity contribution in [3.63, 3.8) is 0 Å². The minimum Gasteiger partial charge on any atom is -0.455 e. The van der Waals surface area contributed by atoms with Crippen LogP contribution in [-0.2, 0) is 16.2 Å². The van der Waals surface area contributed by atoms with Gasteiger partial charge in [0.15, 0.2) is 0 Å². The van der Waals surface area contributed by atoms with E-state index in [1.165, 1.54) is 89.2 Å². The lowest BCUT2D eigenvalue weighted by Gasteiger charge is -2.46. The van der Waals surface area contributed by atoms with Crippen LogP contribution >= 0.6 is 0 Å². The molecule has 0 amide bonds. The minimum absolute atomic E-state index is 0.00409. The predicted molar refractivity (Wildman–Crippen MR) is 364 cm³/mol. The summed E-state index contributed by atoms with van der Waals surface area (Å²) in [7, 11) is 0. The number of hydrogen-bond acceptors (Lipinski definition) is 4. The number of para-hydroxylation sites is 2. The van der Waals surface area contributed by atoms with Crippen molar-refractivity contribution in [3.05, 3.63) is 264 Å². The highest BCUT2D eigenvalue weighted by atomic mass is 16.3. The summed E-state index contributed by atoms with van der Waals surface area (Å²) in [6.45, 7) is 25.6. The molecular formula is C80H72BN3O. The topological polar surface area (TPSA) is 22.9 Å². The van der Waals surface area contributed by atoms with Gasteiger partial charge in [0.25, 0.3) is 6.71 Å². The summed E-state index contributed by atoms with van der Waals surface area (Å²) >= 11 is 0. The number of aryl methyl sites for hydroxylation is 2. The average Bonchev–Trinajstić information content (AvgIpc) is 1.51. The number of anilines is 9. The van der Waals surface area contributed by atoms with Gasteiger partial charge in [-0.05, 0) is 175 Å². The second kappa shape index (κ2) is 20.2. The number of fused-ring (bicyclic) bond motifs is 7. The molecule has 0 unspecified atom stereocenters. The maximum absolute atomic E-state index is 6.66. The third-order valence-corrected chi connectivity index (χ3v) is 17.9. The summed E-state index contributed by atoms with van der Waals surface area (Å²) in [4.78, 5) is 7.66. The maximum Gasteiger partial charge on any atom is 0.252 e. The standard InChI is InChI=1S/C80H72BN3O/c1-51-45-59(79(6,7)8)46-52(2)76(51)84-70-44-35-58(78(3,4)5)47-69(70)81-68-43-42-64(82(61-36-29-55(30-37-61)53-21-14-12-15-22-53)62-38-31-56(32-39-62)54-23-16-13-17-24-54)50-71(68)83(72-48-60(80(9,10)11)49-73(84)75(72)81)63-40-33-57(34-41-63)65-26-20-27-67-66-25-18-19-28-74(66)85-77(65)67/h12-50H,1-11H3. The smallest absolute Gasteiger partial charge is 0.252 e. The van der Waals surface area contributed by atoms with E-state index in [1.54, 1.807) is 0 Å². The molecule has 3 heterocycles. The van der Waals surface area contributed by atoms with Crippen molar-refractivity contribution in [3.8, 4) is 33.4 Å². The van der Waals surface area contributed by atoms with Crippen molar-refractivity contribution in [2.75, 3.05) is 14.7 Å². The van der Waals surface area contributed by atoms with Gasteiger partial charge in [0.1, 0.15) is 11.2 Å². The Hall–Kier alpha value is -9.32. The Morgan fingerprint density at radius 2 is 0.871 bits per heavy atom. The zero-order valence-electron chi connectivity index (χ0n) is 50.8. The van der Waals surface area contributed by atoms with Crippen LogP contribution in [0.15, 0.2) is 241 Å².